The molecule has 0 radical (unpaired) electrons. The highest BCUT2D eigenvalue weighted by Crippen LogP contribution is 2.25. The number of amides is 1. The van der Waals surface area contributed by atoms with Gasteiger partial charge in [-0.25, -0.2) is 0 Å². The summed E-state index contributed by atoms with van der Waals surface area (Å²) in [5.41, 5.74) is 0.731. The number of benzene rings is 2. The van der Waals surface area contributed by atoms with Gasteiger partial charge in [-0.15, -0.1) is 11.8 Å². The molecule has 98 valence electrons. The fourth-order valence-electron chi connectivity index (χ4n) is 1.44. The van der Waals surface area contributed by atoms with E-state index >= 15 is 0 Å². The molecule has 0 aromatic heterocycles. The fourth-order valence-corrected chi connectivity index (χ4v) is 2.65. The van der Waals surface area contributed by atoms with Crippen molar-refractivity contribution in [2.75, 3.05) is 11.1 Å². The highest BCUT2D eigenvalue weighted by atomic mass is 79.9. The minimum Gasteiger partial charge on any atom is -0.325 e. The molecule has 0 aliphatic rings. The number of anilines is 1. The molecule has 0 heterocycles. The van der Waals surface area contributed by atoms with Crippen molar-refractivity contribution in [1.29, 1.82) is 0 Å². The quantitative estimate of drug-likeness (QED) is 0.795. The molecular weight excluding hydrogens is 346 g/mol. The van der Waals surface area contributed by atoms with Gasteiger partial charge in [0.15, 0.2) is 0 Å². The first-order chi connectivity index (χ1) is 9.15. The Morgan fingerprint density at radius 2 is 1.95 bits per heavy atom. The molecule has 0 atom stereocenters. The normalized spacial score (nSPS) is 10.2. The number of carbonyl (C=O) groups is 1. The molecule has 0 spiro atoms. The molecule has 19 heavy (non-hydrogen) atoms. The zero-order valence-electron chi connectivity index (χ0n) is 9.90. The van der Waals surface area contributed by atoms with Gasteiger partial charge >= 0.3 is 0 Å². The van der Waals surface area contributed by atoms with Crippen LogP contribution in [0.5, 0.6) is 0 Å². The van der Waals surface area contributed by atoms with Crippen molar-refractivity contribution < 1.29 is 4.79 Å². The smallest absolute Gasteiger partial charge is 0.234 e. The highest BCUT2D eigenvalue weighted by Gasteiger charge is 2.05. The van der Waals surface area contributed by atoms with Crippen LogP contribution in [0.2, 0.25) is 5.02 Å². The summed E-state index contributed by atoms with van der Waals surface area (Å²) in [6.45, 7) is 0. The van der Waals surface area contributed by atoms with Crippen LogP contribution in [0, 0.1) is 0 Å². The number of rotatable bonds is 4. The minimum atomic E-state index is -0.0388. The third kappa shape index (κ3) is 4.56. The summed E-state index contributed by atoms with van der Waals surface area (Å²) in [6.07, 6.45) is 0. The average molecular weight is 357 g/mol. The van der Waals surface area contributed by atoms with Crippen LogP contribution < -0.4 is 5.32 Å². The van der Waals surface area contributed by atoms with E-state index in [9.17, 15) is 4.79 Å². The number of hydrogen-bond donors (Lipinski definition) is 1. The van der Waals surface area contributed by atoms with Gasteiger partial charge in [-0.2, -0.15) is 0 Å². The van der Waals surface area contributed by atoms with Crippen LogP contribution >= 0.6 is 39.3 Å². The first kappa shape index (κ1) is 14.4. The molecule has 0 unspecified atom stereocenters. The number of hydrogen-bond acceptors (Lipinski definition) is 2. The first-order valence-corrected chi connectivity index (χ1v) is 7.73. The predicted octanol–water partition coefficient (Wildman–Crippen LogP) is 4.83. The van der Waals surface area contributed by atoms with Gasteiger partial charge < -0.3 is 5.32 Å². The van der Waals surface area contributed by atoms with E-state index in [2.05, 4.69) is 21.2 Å². The molecule has 0 aliphatic heterocycles. The molecule has 1 amide bonds. The first-order valence-electron chi connectivity index (χ1n) is 5.58. The fraction of sp³-hybridized carbons (Fsp3) is 0.0714. The standard InChI is InChI=1S/C14H11BrClNOS/c15-12-8-10(6-7-13(12)16)17-14(18)9-19-11-4-2-1-3-5-11/h1-8H,9H2,(H,17,18). The number of nitrogens with one attached hydrogen (secondary N) is 1. The maximum absolute atomic E-state index is 11.8. The lowest BCUT2D eigenvalue weighted by molar-refractivity contribution is -0.113. The van der Waals surface area contributed by atoms with Gasteiger partial charge in [-0.3, -0.25) is 4.79 Å². The van der Waals surface area contributed by atoms with Crippen molar-refractivity contribution in [3.63, 3.8) is 0 Å². The highest BCUT2D eigenvalue weighted by molar-refractivity contribution is 9.10. The Hall–Kier alpha value is -0.970. The Labute approximate surface area is 129 Å². The second-order valence-electron chi connectivity index (χ2n) is 3.78. The van der Waals surface area contributed by atoms with Crippen molar-refractivity contribution >= 4 is 50.9 Å². The summed E-state index contributed by atoms with van der Waals surface area (Å²) in [4.78, 5) is 12.9. The van der Waals surface area contributed by atoms with Crippen LogP contribution in [0.3, 0.4) is 0 Å². The van der Waals surface area contributed by atoms with Gasteiger partial charge in [-0.05, 0) is 46.3 Å². The average Bonchev–Trinajstić information content (AvgIpc) is 2.42. The lowest BCUT2D eigenvalue weighted by Gasteiger charge is -2.06. The van der Waals surface area contributed by atoms with Crippen molar-refractivity contribution in [2.45, 2.75) is 4.90 Å². The molecule has 0 aliphatic carbocycles. The van der Waals surface area contributed by atoms with Crippen LogP contribution in [0.25, 0.3) is 0 Å². The van der Waals surface area contributed by atoms with E-state index in [0.29, 0.717) is 10.8 Å². The van der Waals surface area contributed by atoms with E-state index in [1.165, 1.54) is 11.8 Å². The topological polar surface area (TPSA) is 29.1 Å². The molecule has 2 aromatic carbocycles. The minimum absolute atomic E-state index is 0.0388. The number of carbonyl (C=O) groups excluding carboxylic acids is 1. The molecule has 5 heteroatoms. The zero-order valence-corrected chi connectivity index (χ0v) is 13.1. The Bertz CT molecular complexity index is 577. The summed E-state index contributed by atoms with van der Waals surface area (Å²) in [5, 5.41) is 3.45. The van der Waals surface area contributed by atoms with Gasteiger partial charge in [0.1, 0.15) is 0 Å². The maximum atomic E-state index is 11.8. The van der Waals surface area contributed by atoms with Crippen molar-refractivity contribution in [3.8, 4) is 0 Å². The summed E-state index contributed by atoms with van der Waals surface area (Å²) < 4.78 is 0.766. The van der Waals surface area contributed by atoms with E-state index in [-0.39, 0.29) is 5.91 Å². The van der Waals surface area contributed by atoms with E-state index in [1.54, 1.807) is 18.2 Å². The van der Waals surface area contributed by atoms with Gasteiger partial charge in [0, 0.05) is 15.1 Å². The lowest BCUT2D eigenvalue weighted by Crippen LogP contribution is -2.13. The summed E-state index contributed by atoms with van der Waals surface area (Å²) in [7, 11) is 0. The number of halogens is 2. The molecule has 2 nitrogen and oxygen atoms in total. The zero-order chi connectivity index (χ0) is 13.7. The molecule has 0 bridgehead atoms. The van der Waals surface area contributed by atoms with E-state index in [4.69, 9.17) is 11.6 Å². The van der Waals surface area contributed by atoms with Gasteiger partial charge in [-0.1, -0.05) is 29.8 Å². The second-order valence-corrected chi connectivity index (χ2v) is 6.09. The molecule has 2 aromatic rings. The summed E-state index contributed by atoms with van der Waals surface area (Å²) in [6, 6.07) is 15.1. The molecule has 0 fully saturated rings. The molecular formula is C14H11BrClNOS. The van der Waals surface area contributed by atoms with Gasteiger partial charge in [0.25, 0.3) is 0 Å². The molecule has 1 N–H and O–H groups in total. The van der Waals surface area contributed by atoms with E-state index in [0.717, 1.165) is 15.1 Å². The molecule has 0 saturated heterocycles. The lowest BCUT2D eigenvalue weighted by atomic mass is 10.3. The number of thioether (sulfide) groups is 1. The summed E-state index contributed by atoms with van der Waals surface area (Å²) in [5.74, 6) is 0.340. The Balaban J connectivity index is 1.89. The Morgan fingerprint density at radius 1 is 1.21 bits per heavy atom. The Kier molecular flexibility index (Phi) is 5.31. The monoisotopic (exact) mass is 355 g/mol. The van der Waals surface area contributed by atoms with Crippen LogP contribution in [0.4, 0.5) is 5.69 Å². The van der Waals surface area contributed by atoms with Gasteiger partial charge in [0.05, 0.1) is 10.8 Å². The third-order valence-electron chi connectivity index (χ3n) is 2.32. The van der Waals surface area contributed by atoms with Crippen molar-refractivity contribution in [2.24, 2.45) is 0 Å². The largest absolute Gasteiger partial charge is 0.325 e. The van der Waals surface area contributed by atoms with Crippen LogP contribution in [0.15, 0.2) is 57.9 Å². The van der Waals surface area contributed by atoms with Gasteiger partial charge in [0.2, 0.25) is 5.91 Å². The van der Waals surface area contributed by atoms with Crippen LogP contribution in [-0.4, -0.2) is 11.7 Å². The molecule has 2 rings (SSSR count). The van der Waals surface area contributed by atoms with Crippen molar-refractivity contribution in [3.05, 3.63) is 58.0 Å². The van der Waals surface area contributed by atoms with E-state index < -0.39 is 0 Å². The summed E-state index contributed by atoms with van der Waals surface area (Å²) >= 11 is 10.7. The SMILES string of the molecule is O=C(CSc1ccccc1)Nc1ccc(Cl)c(Br)c1. The van der Waals surface area contributed by atoms with Crippen molar-refractivity contribution in [1.82, 2.24) is 0 Å². The maximum Gasteiger partial charge on any atom is 0.234 e. The Morgan fingerprint density at radius 3 is 2.63 bits per heavy atom. The predicted molar refractivity (Wildman–Crippen MR) is 84.9 cm³/mol. The molecule has 0 saturated carbocycles. The van der Waals surface area contributed by atoms with Crippen LogP contribution in [-0.2, 0) is 4.79 Å². The third-order valence-corrected chi connectivity index (χ3v) is 4.54. The van der Waals surface area contributed by atoms with E-state index in [1.807, 2.05) is 30.3 Å². The second kappa shape index (κ2) is 6.98. The van der Waals surface area contributed by atoms with Crippen LogP contribution in [0.1, 0.15) is 0 Å².